The first kappa shape index (κ1) is 18.6. The fourth-order valence-electron chi connectivity index (χ4n) is 3.24. The van der Waals surface area contributed by atoms with Crippen LogP contribution < -0.4 is 10.6 Å². The van der Waals surface area contributed by atoms with Gasteiger partial charge in [0.05, 0.1) is 6.54 Å². The minimum absolute atomic E-state index is 0.317. The summed E-state index contributed by atoms with van der Waals surface area (Å²) in [6.45, 7) is 7.43. The lowest BCUT2D eigenvalue weighted by Crippen LogP contribution is -2.42. The number of likely N-dealkylation sites (tertiary alicyclic amines) is 1. The average Bonchev–Trinajstić information content (AvgIpc) is 3.39. The predicted molar refractivity (Wildman–Crippen MR) is 108 cm³/mol. The summed E-state index contributed by atoms with van der Waals surface area (Å²) in [5, 5.41) is 6.99. The molecule has 0 bridgehead atoms. The maximum absolute atomic E-state index is 4.91. The number of guanidine groups is 1. The molecule has 25 heavy (non-hydrogen) atoms. The van der Waals surface area contributed by atoms with Gasteiger partial charge in [-0.2, -0.15) is 0 Å². The van der Waals surface area contributed by atoms with Crippen LogP contribution in [-0.2, 0) is 0 Å². The van der Waals surface area contributed by atoms with Gasteiger partial charge in [-0.05, 0) is 70.8 Å². The molecule has 1 aromatic rings. The normalized spacial score (nSPS) is 21.1. The summed E-state index contributed by atoms with van der Waals surface area (Å²) < 4.78 is 0.317. The number of thioether (sulfide) groups is 1. The molecule has 2 fully saturated rings. The zero-order valence-electron chi connectivity index (χ0n) is 15.6. The lowest BCUT2D eigenvalue weighted by molar-refractivity contribution is 0.220. The molecule has 4 nitrogen and oxygen atoms in total. The predicted octanol–water partition coefficient (Wildman–Crippen LogP) is 3.21. The standard InChI is InChI=1S/C20H32N4S/c1-3-21-19(22-15-17-9-13-24(2)14-10-17)23-16-20(11-12-20)25-18-7-5-4-6-8-18/h4-8,17H,3,9-16H2,1-2H3,(H2,21,22,23). The molecule has 5 heteroatoms. The van der Waals surface area contributed by atoms with Crippen molar-refractivity contribution in [1.82, 2.24) is 15.5 Å². The van der Waals surface area contributed by atoms with E-state index in [1.54, 1.807) is 0 Å². The molecule has 0 atom stereocenters. The van der Waals surface area contributed by atoms with Crippen molar-refractivity contribution in [3.05, 3.63) is 30.3 Å². The molecule has 1 aliphatic carbocycles. The number of aliphatic imine (C=N–C) groups is 1. The highest BCUT2D eigenvalue weighted by Gasteiger charge is 2.43. The van der Waals surface area contributed by atoms with E-state index >= 15 is 0 Å². The topological polar surface area (TPSA) is 39.7 Å². The number of hydrogen-bond donors (Lipinski definition) is 2. The van der Waals surface area contributed by atoms with E-state index in [1.165, 1.54) is 43.7 Å². The molecule has 0 radical (unpaired) electrons. The zero-order chi connectivity index (χ0) is 17.5. The maximum Gasteiger partial charge on any atom is 0.191 e. The second kappa shape index (κ2) is 8.95. The Morgan fingerprint density at radius 2 is 1.92 bits per heavy atom. The first-order chi connectivity index (χ1) is 12.2. The van der Waals surface area contributed by atoms with Crippen LogP contribution in [0.1, 0.15) is 32.6 Å². The molecule has 0 amide bonds. The van der Waals surface area contributed by atoms with Gasteiger partial charge in [0, 0.05) is 22.7 Å². The van der Waals surface area contributed by atoms with Crippen LogP contribution in [0.25, 0.3) is 0 Å². The fourth-order valence-corrected chi connectivity index (χ4v) is 4.47. The number of piperidine rings is 1. The molecular weight excluding hydrogens is 328 g/mol. The van der Waals surface area contributed by atoms with Gasteiger partial charge in [0.15, 0.2) is 5.96 Å². The summed E-state index contributed by atoms with van der Waals surface area (Å²) in [4.78, 5) is 8.69. The fraction of sp³-hybridized carbons (Fsp3) is 0.650. The Morgan fingerprint density at radius 3 is 2.56 bits per heavy atom. The second-order valence-corrected chi connectivity index (χ2v) is 8.96. The van der Waals surface area contributed by atoms with E-state index in [2.05, 4.69) is 59.8 Å². The molecule has 0 aromatic heterocycles. The molecule has 138 valence electrons. The molecule has 1 saturated heterocycles. The van der Waals surface area contributed by atoms with Crippen LogP contribution >= 0.6 is 11.8 Å². The van der Waals surface area contributed by atoms with Crippen molar-refractivity contribution in [3.63, 3.8) is 0 Å². The van der Waals surface area contributed by atoms with Crippen LogP contribution in [0.15, 0.2) is 40.2 Å². The van der Waals surface area contributed by atoms with Crippen molar-refractivity contribution in [3.8, 4) is 0 Å². The van der Waals surface area contributed by atoms with Crippen LogP contribution in [0, 0.1) is 5.92 Å². The molecule has 1 aliphatic heterocycles. The van der Waals surface area contributed by atoms with Gasteiger partial charge in [0.2, 0.25) is 0 Å². The Balaban J connectivity index is 1.49. The highest BCUT2D eigenvalue weighted by atomic mass is 32.2. The lowest BCUT2D eigenvalue weighted by atomic mass is 9.97. The van der Waals surface area contributed by atoms with Gasteiger partial charge >= 0.3 is 0 Å². The van der Waals surface area contributed by atoms with E-state index in [4.69, 9.17) is 4.99 Å². The minimum atomic E-state index is 0.317. The molecule has 3 rings (SSSR count). The van der Waals surface area contributed by atoms with Crippen LogP contribution in [0.3, 0.4) is 0 Å². The number of nitrogens with one attached hydrogen (secondary N) is 2. The quantitative estimate of drug-likeness (QED) is 0.579. The van der Waals surface area contributed by atoms with Gasteiger partial charge in [-0.1, -0.05) is 18.2 Å². The lowest BCUT2D eigenvalue weighted by Gasteiger charge is -2.29. The molecule has 2 N–H and O–H groups in total. The summed E-state index contributed by atoms with van der Waals surface area (Å²) in [6.07, 6.45) is 5.11. The summed E-state index contributed by atoms with van der Waals surface area (Å²) in [6, 6.07) is 10.7. The molecule has 1 heterocycles. The van der Waals surface area contributed by atoms with Crippen molar-refractivity contribution < 1.29 is 0 Å². The van der Waals surface area contributed by atoms with Crippen molar-refractivity contribution in [2.75, 3.05) is 39.8 Å². The molecule has 0 unspecified atom stereocenters. The Hall–Kier alpha value is -1.20. The monoisotopic (exact) mass is 360 g/mol. The van der Waals surface area contributed by atoms with E-state index in [0.29, 0.717) is 4.75 Å². The average molecular weight is 361 g/mol. The Kier molecular flexibility index (Phi) is 6.65. The molecular formula is C20H32N4S. The van der Waals surface area contributed by atoms with Crippen LogP contribution in [-0.4, -0.2) is 55.4 Å². The summed E-state index contributed by atoms with van der Waals surface area (Å²) in [7, 11) is 2.22. The van der Waals surface area contributed by atoms with Gasteiger partial charge in [0.1, 0.15) is 0 Å². The minimum Gasteiger partial charge on any atom is -0.357 e. The van der Waals surface area contributed by atoms with Crippen molar-refractivity contribution >= 4 is 17.7 Å². The van der Waals surface area contributed by atoms with Crippen LogP contribution in [0.4, 0.5) is 0 Å². The number of hydrogen-bond acceptors (Lipinski definition) is 3. The molecule has 1 saturated carbocycles. The van der Waals surface area contributed by atoms with Crippen molar-refractivity contribution in [2.45, 2.75) is 42.2 Å². The maximum atomic E-state index is 4.91. The third-order valence-corrected chi connectivity index (χ3v) is 6.63. The SMILES string of the molecule is CCNC(=NCC1(Sc2ccccc2)CC1)NCC1CCN(C)CC1. The van der Waals surface area contributed by atoms with Crippen LogP contribution in [0.5, 0.6) is 0 Å². The summed E-state index contributed by atoms with van der Waals surface area (Å²) in [5.41, 5.74) is 0. The highest BCUT2D eigenvalue weighted by molar-refractivity contribution is 8.01. The Labute approximate surface area is 156 Å². The second-order valence-electron chi connectivity index (χ2n) is 7.42. The van der Waals surface area contributed by atoms with Crippen LogP contribution in [0.2, 0.25) is 0 Å². The van der Waals surface area contributed by atoms with E-state index in [9.17, 15) is 0 Å². The molecule has 2 aliphatic rings. The molecule has 1 aromatic carbocycles. The van der Waals surface area contributed by atoms with E-state index in [-0.39, 0.29) is 0 Å². The smallest absolute Gasteiger partial charge is 0.191 e. The van der Waals surface area contributed by atoms with Gasteiger partial charge in [-0.15, -0.1) is 11.8 Å². The van der Waals surface area contributed by atoms with Gasteiger partial charge < -0.3 is 15.5 Å². The van der Waals surface area contributed by atoms with Gasteiger partial charge in [-0.25, -0.2) is 0 Å². The summed E-state index contributed by atoms with van der Waals surface area (Å²) >= 11 is 2.00. The number of rotatable bonds is 7. The van der Waals surface area contributed by atoms with E-state index < -0.39 is 0 Å². The van der Waals surface area contributed by atoms with E-state index in [1.807, 2.05) is 11.8 Å². The van der Waals surface area contributed by atoms with Crippen molar-refractivity contribution in [2.24, 2.45) is 10.9 Å². The first-order valence-corrected chi connectivity index (χ1v) is 10.5. The number of nitrogens with zero attached hydrogens (tertiary/aromatic N) is 2. The zero-order valence-corrected chi connectivity index (χ0v) is 16.4. The third-order valence-electron chi connectivity index (χ3n) is 5.15. The Bertz CT molecular complexity index is 548. The number of benzene rings is 1. The summed E-state index contributed by atoms with van der Waals surface area (Å²) in [5.74, 6) is 1.76. The van der Waals surface area contributed by atoms with E-state index in [0.717, 1.165) is 31.5 Å². The van der Waals surface area contributed by atoms with Gasteiger partial charge in [-0.3, -0.25) is 4.99 Å². The Morgan fingerprint density at radius 1 is 1.20 bits per heavy atom. The first-order valence-electron chi connectivity index (χ1n) is 9.64. The van der Waals surface area contributed by atoms with Gasteiger partial charge in [0.25, 0.3) is 0 Å². The largest absolute Gasteiger partial charge is 0.357 e. The molecule has 0 spiro atoms. The van der Waals surface area contributed by atoms with Crippen molar-refractivity contribution in [1.29, 1.82) is 0 Å². The highest BCUT2D eigenvalue weighted by Crippen LogP contribution is 2.51. The third kappa shape index (κ3) is 5.93.